The molecule has 1 heterocycles. The Kier molecular flexibility index (Phi) is 5.70. The first-order chi connectivity index (χ1) is 11.2. The number of benzene rings is 1. The summed E-state index contributed by atoms with van der Waals surface area (Å²) in [5, 5.41) is 0.562. The van der Waals surface area contributed by atoms with Crippen molar-refractivity contribution in [1.82, 2.24) is 14.9 Å². The number of rotatable bonds is 5. The topological polar surface area (TPSA) is 66.1 Å². The highest BCUT2D eigenvalue weighted by atomic mass is 32.2. The molecule has 24 heavy (non-hydrogen) atoms. The van der Waals surface area contributed by atoms with Gasteiger partial charge in [-0.15, -0.1) is 11.8 Å². The molecule has 5 nitrogen and oxygen atoms in total. The number of aromatic amines is 1. The number of H-pyrrole nitrogens is 1. The number of aromatic nitrogens is 2. The SMILES string of the molecule is CC(C)N(Cc1nc2ccccc2c(=O)[nH]1)C(=O)CSC(C)(C)C. The van der Waals surface area contributed by atoms with Crippen molar-refractivity contribution in [2.24, 2.45) is 0 Å². The molecule has 1 aromatic heterocycles. The molecule has 0 unspecified atom stereocenters. The van der Waals surface area contributed by atoms with Crippen LogP contribution in [0.1, 0.15) is 40.4 Å². The number of hydrogen-bond donors (Lipinski definition) is 1. The molecule has 130 valence electrons. The lowest BCUT2D eigenvalue weighted by Crippen LogP contribution is -2.39. The van der Waals surface area contributed by atoms with Gasteiger partial charge in [0.05, 0.1) is 23.2 Å². The van der Waals surface area contributed by atoms with Gasteiger partial charge in [0.25, 0.3) is 5.56 Å². The van der Waals surface area contributed by atoms with Crippen molar-refractivity contribution in [3.63, 3.8) is 0 Å². The lowest BCUT2D eigenvalue weighted by molar-refractivity contribution is -0.130. The second kappa shape index (κ2) is 7.38. The van der Waals surface area contributed by atoms with Crippen molar-refractivity contribution < 1.29 is 4.79 Å². The number of para-hydroxylation sites is 1. The normalized spacial score (nSPS) is 11.9. The molecule has 0 atom stereocenters. The molecule has 6 heteroatoms. The zero-order valence-corrected chi connectivity index (χ0v) is 15.7. The highest BCUT2D eigenvalue weighted by Gasteiger charge is 2.21. The molecule has 1 aromatic carbocycles. The molecule has 1 N–H and O–H groups in total. The summed E-state index contributed by atoms with van der Waals surface area (Å²) in [5.41, 5.74) is 0.479. The molecule has 0 aliphatic heterocycles. The minimum atomic E-state index is -0.171. The number of carbonyl (C=O) groups excluding carboxylic acids is 1. The van der Waals surface area contributed by atoms with E-state index in [0.717, 1.165) is 0 Å². The fourth-order valence-electron chi connectivity index (χ4n) is 2.29. The predicted octanol–water partition coefficient (Wildman–Crippen LogP) is 3.19. The Morgan fingerprint density at radius 2 is 1.96 bits per heavy atom. The molecule has 0 spiro atoms. The van der Waals surface area contributed by atoms with E-state index in [2.05, 4.69) is 30.7 Å². The zero-order valence-electron chi connectivity index (χ0n) is 14.9. The minimum Gasteiger partial charge on any atom is -0.332 e. The Bertz CT molecular complexity index is 778. The van der Waals surface area contributed by atoms with Crippen molar-refractivity contribution in [2.75, 3.05) is 5.75 Å². The van der Waals surface area contributed by atoms with Gasteiger partial charge in [0.15, 0.2) is 0 Å². The van der Waals surface area contributed by atoms with E-state index in [4.69, 9.17) is 0 Å². The molecule has 0 bridgehead atoms. The summed E-state index contributed by atoms with van der Waals surface area (Å²) in [7, 11) is 0. The number of nitrogens with one attached hydrogen (secondary N) is 1. The van der Waals surface area contributed by atoms with Gasteiger partial charge >= 0.3 is 0 Å². The molecule has 0 fully saturated rings. The van der Waals surface area contributed by atoms with Gasteiger partial charge in [-0.3, -0.25) is 9.59 Å². The second-order valence-corrected chi connectivity index (χ2v) is 8.85. The molecule has 0 saturated heterocycles. The largest absolute Gasteiger partial charge is 0.332 e. The van der Waals surface area contributed by atoms with Gasteiger partial charge in [-0.25, -0.2) is 4.98 Å². The van der Waals surface area contributed by atoms with E-state index >= 15 is 0 Å². The third kappa shape index (κ3) is 4.84. The lowest BCUT2D eigenvalue weighted by Gasteiger charge is -2.27. The second-order valence-electron chi connectivity index (χ2n) is 7.05. The van der Waals surface area contributed by atoms with Crippen LogP contribution in [0.3, 0.4) is 0 Å². The molecule has 2 rings (SSSR count). The van der Waals surface area contributed by atoms with Crippen LogP contribution < -0.4 is 5.56 Å². The van der Waals surface area contributed by atoms with E-state index < -0.39 is 0 Å². The maximum absolute atomic E-state index is 12.6. The van der Waals surface area contributed by atoms with Crippen LogP contribution in [-0.2, 0) is 11.3 Å². The van der Waals surface area contributed by atoms with Crippen LogP contribution in [0.2, 0.25) is 0 Å². The predicted molar refractivity (Wildman–Crippen MR) is 100 cm³/mol. The summed E-state index contributed by atoms with van der Waals surface area (Å²) < 4.78 is 0.0355. The van der Waals surface area contributed by atoms with E-state index in [-0.39, 0.29) is 22.3 Å². The van der Waals surface area contributed by atoms with Crippen LogP contribution in [0, 0.1) is 0 Å². The standard InChI is InChI=1S/C18H25N3O2S/c1-12(2)21(16(22)11-24-18(3,4)5)10-15-19-14-9-7-6-8-13(14)17(23)20-15/h6-9,12H,10-11H2,1-5H3,(H,19,20,23). The fourth-order valence-corrected chi connectivity index (χ4v) is 3.01. The molecule has 0 aliphatic carbocycles. The van der Waals surface area contributed by atoms with Crippen LogP contribution in [0.15, 0.2) is 29.1 Å². The lowest BCUT2D eigenvalue weighted by atomic mass is 10.2. The minimum absolute atomic E-state index is 0.0355. The summed E-state index contributed by atoms with van der Waals surface area (Å²) in [6, 6.07) is 7.26. The quantitative estimate of drug-likeness (QED) is 0.902. The molecule has 0 aliphatic rings. The summed E-state index contributed by atoms with van der Waals surface area (Å²) >= 11 is 1.62. The first-order valence-electron chi connectivity index (χ1n) is 8.09. The van der Waals surface area contributed by atoms with E-state index in [1.54, 1.807) is 22.7 Å². The number of fused-ring (bicyclic) bond motifs is 1. The molecule has 0 saturated carbocycles. The van der Waals surface area contributed by atoms with Crippen molar-refractivity contribution in [2.45, 2.75) is 52.0 Å². The van der Waals surface area contributed by atoms with Crippen molar-refractivity contribution in [1.29, 1.82) is 0 Å². The van der Waals surface area contributed by atoms with E-state index in [9.17, 15) is 9.59 Å². The van der Waals surface area contributed by atoms with Crippen molar-refractivity contribution in [3.8, 4) is 0 Å². The van der Waals surface area contributed by atoms with Gasteiger partial charge in [-0.05, 0) is 26.0 Å². The molecule has 1 amide bonds. The Labute approximate surface area is 146 Å². The van der Waals surface area contributed by atoms with Gasteiger partial charge in [-0.1, -0.05) is 32.9 Å². The van der Waals surface area contributed by atoms with Crippen molar-refractivity contribution >= 4 is 28.6 Å². The van der Waals surface area contributed by atoms with Gasteiger partial charge in [-0.2, -0.15) is 0 Å². The van der Waals surface area contributed by atoms with Crippen LogP contribution in [-0.4, -0.2) is 37.3 Å². The number of carbonyl (C=O) groups is 1. The van der Waals surface area contributed by atoms with E-state index in [1.807, 2.05) is 32.0 Å². The maximum Gasteiger partial charge on any atom is 0.258 e. The Hall–Kier alpha value is -1.82. The Morgan fingerprint density at radius 1 is 1.29 bits per heavy atom. The zero-order chi connectivity index (χ0) is 17.9. The van der Waals surface area contributed by atoms with Crippen LogP contribution in [0.5, 0.6) is 0 Å². The number of amides is 1. The molecular formula is C18H25N3O2S. The van der Waals surface area contributed by atoms with E-state index in [0.29, 0.717) is 29.0 Å². The summed E-state index contributed by atoms with van der Waals surface area (Å²) in [6.45, 7) is 10.5. The fraction of sp³-hybridized carbons (Fsp3) is 0.500. The van der Waals surface area contributed by atoms with Gasteiger partial charge in [0.2, 0.25) is 5.91 Å². The summed E-state index contributed by atoms with van der Waals surface area (Å²) in [6.07, 6.45) is 0. The monoisotopic (exact) mass is 347 g/mol. The molecule has 2 aromatic rings. The Balaban J connectivity index is 2.22. The third-order valence-corrected chi connectivity index (χ3v) is 4.81. The first-order valence-corrected chi connectivity index (χ1v) is 9.07. The summed E-state index contributed by atoms with van der Waals surface area (Å²) in [5.74, 6) is 0.988. The van der Waals surface area contributed by atoms with Crippen molar-refractivity contribution in [3.05, 3.63) is 40.4 Å². The average molecular weight is 347 g/mol. The Morgan fingerprint density at radius 3 is 2.58 bits per heavy atom. The highest BCUT2D eigenvalue weighted by Crippen LogP contribution is 2.23. The molecular weight excluding hydrogens is 322 g/mol. The summed E-state index contributed by atoms with van der Waals surface area (Å²) in [4.78, 5) is 33.8. The van der Waals surface area contributed by atoms with Gasteiger partial charge < -0.3 is 9.88 Å². The average Bonchev–Trinajstić information content (AvgIpc) is 2.49. The first kappa shape index (κ1) is 18.5. The van der Waals surface area contributed by atoms with E-state index in [1.165, 1.54) is 0 Å². The number of nitrogens with zero attached hydrogens (tertiary/aromatic N) is 2. The molecule has 0 radical (unpaired) electrons. The maximum atomic E-state index is 12.6. The van der Waals surface area contributed by atoms with Crippen LogP contribution >= 0.6 is 11.8 Å². The smallest absolute Gasteiger partial charge is 0.258 e. The van der Waals surface area contributed by atoms with Gasteiger partial charge in [0, 0.05) is 10.8 Å². The van der Waals surface area contributed by atoms with Crippen LogP contribution in [0.25, 0.3) is 10.9 Å². The number of thioether (sulfide) groups is 1. The van der Waals surface area contributed by atoms with Crippen LogP contribution in [0.4, 0.5) is 0 Å². The highest BCUT2D eigenvalue weighted by molar-refractivity contribution is 8.01. The number of hydrogen-bond acceptors (Lipinski definition) is 4. The van der Waals surface area contributed by atoms with Gasteiger partial charge in [0.1, 0.15) is 5.82 Å². The third-order valence-electron chi connectivity index (χ3n) is 3.55.